The van der Waals surface area contributed by atoms with Crippen LogP contribution in [0.3, 0.4) is 0 Å². The first-order valence-corrected chi connectivity index (χ1v) is 19.4. The van der Waals surface area contributed by atoms with E-state index in [1.54, 1.807) is 33.3 Å². The van der Waals surface area contributed by atoms with Crippen LogP contribution in [0, 0.1) is 11.8 Å². The zero-order valence-electron chi connectivity index (χ0n) is 29.4. The molecule has 3 atom stereocenters. The third kappa shape index (κ3) is 8.66. The monoisotopic (exact) mass is 720 g/mol. The first-order chi connectivity index (χ1) is 23.9. The summed E-state index contributed by atoms with van der Waals surface area (Å²) >= 11 is 1.65. The largest absolute Gasteiger partial charge is 0.497 e. The molecular formula is C38H48N4O6S2. The van der Waals surface area contributed by atoms with Gasteiger partial charge in [-0.05, 0) is 70.5 Å². The smallest absolute Gasteiger partial charge is 0.321 e. The highest BCUT2D eigenvalue weighted by Crippen LogP contribution is 2.29. The molecule has 2 N–H and O–H groups in total. The molecule has 0 radical (unpaired) electrons. The van der Waals surface area contributed by atoms with Crippen molar-refractivity contribution in [2.24, 2.45) is 11.8 Å². The molecule has 1 aliphatic rings. The van der Waals surface area contributed by atoms with Gasteiger partial charge < -0.3 is 25.0 Å². The number of nitrogens with one attached hydrogen (secondary N) is 1. The Bertz CT molecular complexity index is 1850. The van der Waals surface area contributed by atoms with Gasteiger partial charge in [0.2, 0.25) is 15.9 Å². The number of hydrogen-bond acceptors (Lipinski definition) is 7. The van der Waals surface area contributed by atoms with E-state index < -0.39 is 28.2 Å². The lowest BCUT2D eigenvalue weighted by molar-refractivity contribution is -0.128. The van der Waals surface area contributed by atoms with Gasteiger partial charge in [0.15, 0.2) is 0 Å². The zero-order valence-corrected chi connectivity index (χ0v) is 31.0. The van der Waals surface area contributed by atoms with E-state index in [9.17, 15) is 23.1 Å². The van der Waals surface area contributed by atoms with Crippen LogP contribution in [0.2, 0.25) is 0 Å². The second kappa shape index (κ2) is 16.4. The molecule has 4 aromatic rings. The van der Waals surface area contributed by atoms with Crippen molar-refractivity contribution in [3.05, 3.63) is 95.4 Å². The van der Waals surface area contributed by atoms with Crippen molar-refractivity contribution < 1.29 is 27.9 Å². The number of aliphatic hydroxyl groups excluding tert-OH is 1. The number of ether oxygens (including phenoxy) is 1. The molecule has 268 valence electrons. The van der Waals surface area contributed by atoms with E-state index in [0.29, 0.717) is 25.4 Å². The molecule has 3 aromatic carbocycles. The van der Waals surface area contributed by atoms with Gasteiger partial charge in [-0.25, -0.2) is 13.2 Å². The number of methoxy groups -OCH3 is 1. The van der Waals surface area contributed by atoms with Crippen LogP contribution in [0.5, 0.6) is 5.75 Å². The molecule has 0 saturated carbocycles. The molecule has 5 rings (SSSR count). The Kier molecular flexibility index (Phi) is 12.2. The van der Waals surface area contributed by atoms with Crippen LogP contribution in [0.25, 0.3) is 10.1 Å². The number of urea groups is 1. The van der Waals surface area contributed by atoms with Gasteiger partial charge in [0.1, 0.15) is 11.8 Å². The number of carbonyl (C=O) groups excluding carboxylic acids is 2. The van der Waals surface area contributed by atoms with Crippen LogP contribution in [-0.2, 0) is 27.8 Å². The minimum Gasteiger partial charge on any atom is -0.497 e. The standard InChI is InChI=1S/C38H48N4O6S2/c1-26(2)22-41(50(46,47)31-17-15-30(48-5)16-18-31)24-34(43)33(21-28-11-7-6-8-12-28)39-37(44)36(27(3)4)42-20-19-40(38(42)45)23-29-25-49-35-14-10-9-13-32(29)35/h6-18,25-27,33-34,36,43H,19-24H2,1-5H3,(H,39,44)/t33-,34-,36-/m0/s1. The van der Waals surface area contributed by atoms with E-state index in [1.165, 1.54) is 23.5 Å². The Morgan fingerprint density at radius 2 is 1.64 bits per heavy atom. The molecule has 0 bridgehead atoms. The Morgan fingerprint density at radius 1 is 0.960 bits per heavy atom. The molecule has 0 unspecified atom stereocenters. The predicted molar refractivity (Wildman–Crippen MR) is 198 cm³/mol. The van der Waals surface area contributed by atoms with Crippen molar-refractivity contribution in [3.63, 3.8) is 0 Å². The number of amides is 3. The number of rotatable bonds is 16. The number of aliphatic hydroxyl groups is 1. The van der Waals surface area contributed by atoms with Crippen LogP contribution >= 0.6 is 11.3 Å². The normalized spacial score (nSPS) is 15.7. The van der Waals surface area contributed by atoms with Crippen LogP contribution in [0.4, 0.5) is 4.79 Å². The Hall–Kier alpha value is -3.97. The quantitative estimate of drug-likeness (QED) is 0.156. The molecule has 3 amide bonds. The van der Waals surface area contributed by atoms with E-state index in [2.05, 4.69) is 22.8 Å². The molecule has 50 heavy (non-hydrogen) atoms. The summed E-state index contributed by atoms with van der Waals surface area (Å²) in [5.41, 5.74) is 1.95. The van der Waals surface area contributed by atoms with Gasteiger partial charge in [0.05, 0.1) is 24.2 Å². The van der Waals surface area contributed by atoms with Crippen molar-refractivity contribution in [1.82, 2.24) is 19.4 Å². The van der Waals surface area contributed by atoms with Gasteiger partial charge in [-0.2, -0.15) is 4.31 Å². The van der Waals surface area contributed by atoms with Crippen molar-refractivity contribution in [3.8, 4) is 5.75 Å². The lowest BCUT2D eigenvalue weighted by Crippen LogP contribution is -2.57. The fraction of sp³-hybridized carbons (Fsp3) is 0.421. The number of nitrogens with zero attached hydrogens (tertiary/aromatic N) is 3. The maximum absolute atomic E-state index is 14.2. The first-order valence-electron chi connectivity index (χ1n) is 17.1. The minimum atomic E-state index is -4.00. The van der Waals surface area contributed by atoms with Gasteiger partial charge in [-0.15, -0.1) is 11.3 Å². The van der Waals surface area contributed by atoms with Gasteiger partial charge >= 0.3 is 6.03 Å². The average molecular weight is 721 g/mol. The number of sulfonamides is 1. The molecule has 10 nitrogen and oxygen atoms in total. The fourth-order valence-electron chi connectivity index (χ4n) is 6.50. The third-order valence-corrected chi connectivity index (χ3v) is 11.9. The molecule has 1 fully saturated rings. The number of benzene rings is 3. The van der Waals surface area contributed by atoms with Gasteiger partial charge in [0, 0.05) is 37.4 Å². The molecule has 0 spiro atoms. The van der Waals surface area contributed by atoms with Crippen LogP contribution in [0.1, 0.15) is 38.8 Å². The topological polar surface area (TPSA) is 119 Å². The predicted octanol–water partition coefficient (Wildman–Crippen LogP) is 5.61. The Morgan fingerprint density at radius 3 is 2.30 bits per heavy atom. The van der Waals surface area contributed by atoms with Crippen molar-refractivity contribution in [2.75, 3.05) is 33.3 Å². The van der Waals surface area contributed by atoms with E-state index in [-0.39, 0.29) is 48.2 Å². The SMILES string of the molecule is COc1ccc(S(=O)(=O)N(CC(C)C)C[C@H](O)[C@H](Cc2ccccc2)NC(=O)[C@H](C(C)C)N2CCN(Cc3csc4ccccc34)C2=O)cc1. The van der Waals surface area contributed by atoms with E-state index >= 15 is 0 Å². The van der Waals surface area contributed by atoms with Crippen LogP contribution in [0.15, 0.2) is 89.1 Å². The number of thiophene rings is 1. The van der Waals surface area contributed by atoms with E-state index in [4.69, 9.17) is 4.74 Å². The summed E-state index contributed by atoms with van der Waals surface area (Å²) in [5.74, 6) is -0.101. The van der Waals surface area contributed by atoms with Crippen LogP contribution < -0.4 is 10.1 Å². The van der Waals surface area contributed by atoms with Gasteiger partial charge in [0.25, 0.3) is 0 Å². The summed E-state index contributed by atoms with van der Waals surface area (Å²) in [7, 11) is -2.48. The van der Waals surface area contributed by atoms with Crippen LogP contribution in [-0.4, -0.2) is 91.0 Å². The highest BCUT2D eigenvalue weighted by molar-refractivity contribution is 7.89. The summed E-state index contributed by atoms with van der Waals surface area (Å²) in [5, 5.41) is 18.0. The maximum atomic E-state index is 14.2. The highest BCUT2D eigenvalue weighted by Gasteiger charge is 2.40. The molecule has 12 heteroatoms. The lowest BCUT2D eigenvalue weighted by Gasteiger charge is -2.34. The van der Waals surface area contributed by atoms with E-state index in [1.807, 2.05) is 70.2 Å². The zero-order chi connectivity index (χ0) is 36.0. The lowest BCUT2D eigenvalue weighted by atomic mass is 9.97. The molecule has 1 aromatic heterocycles. The fourth-order valence-corrected chi connectivity index (χ4v) is 9.08. The highest BCUT2D eigenvalue weighted by atomic mass is 32.2. The first kappa shape index (κ1) is 37.3. The van der Waals surface area contributed by atoms with E-state index in [0.717, 1.165) is 21.2 Å². The maximum Gasteiger partial charge on any atom is 0.321 e. The number of fused-ring (bicyclic) bond motifs is 1. The summed E-state index contributed by atoms with van der Waals surface area (Å²) in [6, 6.07) is 21.9. The van der Waals surface area contributed by atoms with Crippen molar-refractivity contribution in [1.29, 1.82) is 0 Å². The molecule has 1 aliphatic heterocycles. The Balaban J connectivity index is 1.36. The second-order valence-corrected chi connectivity index (χ2v) is 16.5. The third-order valence-electron chi connectivity index (χ3n) is 9.03. The number of hydrogen-bond donors (Lipinski definition) is 2. The molecule has 1 saturated heterocycles. The molecular weight excluding hydrogens is 673 g/mol. The second-order valence-electron chi connectivity index (χ2n) is 13.6. The number of carbonyl (C=O) groups is 2. The molecule has 0 aliphatic carbocycles. The summed E-state index contributed by atoms with van der Waals surface area (Å²) in [6.07, 6.45) is -0.988. The average Bonchev–Trinajstić information content (AvgIpc) is 3.67. The van der Waals surface area contributed by atoms with Crippen molar-refractivity contribution in [2.45, 2.75) is 63.7 Å². The minimum absolute atomic E-state index is 0.0288. The summed E-state index contributed by atoms with van der Waals surface area (Å²) < 4.78 is 35.4. The van der Waals surface area contributed by atoms with Gasteiger partial charge in [-0.1, -0.05) is 76.2 Å². The Labute approximate surface area is 299 Å². The van der Waals surface area contributed by atoms with Gasteiger partial charge in [-0.3, -0.25) is 4.79 Å². The summed E-state index contributed by atoms with van der Waals surface area (Å²) in [4.78, 5) is 31.5. The summed E-state index contributed by atoms with van der Waals surface area (Å²) in [6.45, 7) is 8.91. The van der Waals surface area contributed by atoms with Crippen molar-refractivity contribution >= 4 is 43.4 Å². The molecule has 2 heterocycles.